The van der Waals surface area contributed by atoms with E-state index in [1.807, 2.05) is 43.1 Å². The number of carbonyl (C=O) groups excluding carboxylic acids is 1. The molecule has 0 radical (unpaired) electrons. The molecular weight excluding hydrogens is 276 g/mol. The summed E-state index contributed by atoms with van der Waals surface area (Å²) in [7, 11) is 3.62. The second kappa shape index (κ2) is 7.99. The Labute approximate surface area is 133 Å². The molecule has 4 nitrogen and oxygen atoms in total. The molecule has 1 aromatic rings. The van der Waals surface area contributed by atoms with E-state index in [1.165, 1.54) is 6.42 Å². The molecule has 1 aliphatic heterocycles. The molecule has 1 unspecified atom stereocenters. The first-order chi connectivity index (χ1) is 10.7. The Morgan fingerprint density at radius 1 is 1.45 bits per heavy atom. The van der Waals surface area contributed by atoms with Gasteiger partial charge in [0, 0.05) is 24.7 Å². The lowest BCUT2D eigenvalue weighted by atomic mass is 9.97. The highest BCUT2D eigenvalue weighted by Crippen LogP contribution is 2.25. The number of nitrogens with zero attached hydrogens (tertiary/aromatic N) is 1. The van der Waals surface area contributed by atoms with Crippen molar-refractivity contribution >= 4 is 11.5 Å². The second-order valence-corrected chi connectivity index (χ2v) is 5.88. The number of benzene rings is 1. The van der Waals surface area contributed by atoms with Crippen molar-refractivity contribution < 1.29 is 9.53 Å². The highest BCUT2D eigenvalue weighted by molar-refractivity contribution is 5.95. The molecule has 22 heavy (non-hydrogen) atoms. The van der Waals surface area contributed by atoms with Crippen molar-refractivity contribution in [3.05, 3.63) is 35.9 Å². The lowest BCUT2D eigenvalue weighted by Gasteiger charge is -2.32. The Morgan fingerprint density at radius 2 is 2.23 bits per heavy atom. The van der Waals surface area contributed by atoms with E-state index in [0.717, 1.165) is 42.9 Å². The topological polar surface area (TPSA) is 41.6 Å². The Kier molecular flexibility index (Phi) is 6.01. The van der Waals surface area contributed by atoms with Crippen molar-refractivity contribution in [1.82, 2.24) is 10.2 Å². The third kappa shape index (κ3) is 4.10. The minimum absolute atomic E-state index is 0.101. The maximum atomic E-state index is 12.5. The minimum atomic E-state index is 0.101. The Morgan fingerprint density at radius 3 is 2.95 bits per heavy atom. The number of hydrogen-bond acceptors (Lipinski definition) is 3. The normalized spacial score (nSPS) is 19.1. The molecule has 0 aromatic heterocycles. The van der Waals surface area contributed by atoms with Crippen LogP contribution in [0.15, 0.2) is 30.3 Å². The molecule has 1 heterocycles. The van der Waals surface area contributed by atoms with E-state index in [1.54, 1.807) is 13.2 Å². The number of methoxy groups -OCH3 is 1. The van der Waals surface area contributed by atoms with Crippen LogP contribution in [0.5, 0.6) is 5.75 Å². The fraction of sp³-hybridized carbons (Fsp3) is 0.500. The molecule has 0 spiro atoms. The molecule has 120 valence electrons. The van der Waals surface area contributed by atoms with Gasteiger partial charge in [-0.25, -0.2) is 0 Å². The zero-order valence-electron chi connectivity index (χ0n) is 13.8. The van der Waals surface area contributed by atoms with Gasteiger partial charge in [-0.1, -0.05) is 18.2 Å². The van der Waals surface area contributed by atoms with Gasteiger partial charge in [0.15, 0.2) is 0 Å². The van der Waals surface area contributed by atoms with E-state index < -0.39 is 0 Å². The third-order valence-corrected chi connectivity index (χ3v) is 4.20. The van der Waals surface area contributed by atoms with Crippen LogP contribution >= 0.6 is 0 Å². The molecule has 2 rings (SSSR count). The summed E-state index contributed by atoms with van der Waals surface area (Å²) in [6, 6.07) is 7.80. The standard InChI is InChI=1S/C18H26N2O2/c1-14(16-8-4-5-9-17(16)22-3)11-18(21)20-10-6-7-15(13-20)12-19-2/h4-5,8-9,11,15,19H,6-7,10,12-13H2,1-3H3/b14-11-. The van der Waals surface area contributed by atoms with E-state index in [2.05, 4.69) is 5.32 Å². The van der Waals surface area contributed by atoms with Crippen molar-refractivity contribution in [2.24, 2.45) is 5.92 Å². The number of rotatable bonds is 5. The van der Waals surface area contributed by atoms with Gasteiger partial charge in [0.25, 0.3) is 0 Å². The third-order valence-electron chi connectivity index (χ3n) is 4.20. The van der Waals surface area contributed by atoms with Gasteiger partial charge in [-0.2, -0.15) is 0 Å². The van der Waals surface area contributed by atoms with Gasteiger partial charge >= 0.3 is 0 Å². The number of likely N-dealkylation sites (tertiary alicyclic amines) is 1. The largest absolute Gasteiger partial charge is 0.496 e. The van der Waals surface area contributed by atoms with Crippen molar-refractivity contribution in [3.63, 3.8) is 0 Å². The van der Waals surface area contributed by atoms with E-state index >= 15 is 0 Å². The van der Waals surface area contributed by atoms with Gasteiger partial charge in [0.05, 0.1) is 7.11 Å². The van der Waals surface area contributed by atoms with Crippen LogP contribution in [-0.4, -0.2) is 44.6 Å². The molecule has 1 N–H and O–H groups in total. The van der Waals surface area contributed by atoms with E-state index in [9.17, 15) is 4.79 Å². The van der Waals surface area contributed by atoms with Crippen LogP contribution in [0.2, 0.25) is 0 Å². The summed E-state index contributed by atoms with van der Waals surface area (Å²) in [5.74, 6) is 1.46. The first-order valence-corrected chi connectivity index (χ1v) is 7.91. The summed E-state index contributed by atoms with van der Waals surface area (Å²) in [6.07, 6.45) is 4.01. The van der Waals surface area contributed by atoms with Gasteiger partial charge in [0.1, 0.15) is 5.75 Å². The van der Waals surface area contributed by atoms with Gasteiger partial charge in [-0.3, -0.25) is 4.79 Å². The highest BCUT2D eigenvalue weighted by atomic mass is 16.5. The maximum Gasteiger partial charge on any atom is 0.246 e. The Hall–Kier alpha value is -1.81. The molecule has 1 atom stereocenters. The zero-order valence-corrected chi connectivity index (χ0v) is 13.8. The Balaban J connectivity index is 2.09. The Bertz CT molecular complexity index is 538. The number of carbonyl (C=O) groups is 1. The molecule has 1 fully saturated rings. The van der Waals surface area contributed by atoms with E-state index in [0.29, 0.717) is 5.92 Å². The monoisotopic (exact) mass is 302 g/mol. The van der Waals surface area contributed by atoms with Crippen LogP contribution in [0, 0.1) is 5.92 Å². The van der Waals surface area contributed by atoms with Crippen molar-refractivity contribution in [2.75, 3.05) is 33.8 Å². The molecule has 0 aliphatic carbocycles. The number of hydrogen-bond donors (Lipinski definition) is 1. The highest BCUT2D eigenvalue weighted by Gasteiger charge is 2.22. The van der Waals surface area contributed by atoms with Crippen LogP contribution < -0.4 is 10.1 Å². The molecule has 1 amide bonds. The first-order valence-electron chi connectivity index (χ1n) is 7.91. The van der Waals surface area contributed by atoms with E-state index in [-0.39, 0.29) is 5.91 Å². The number of para-hydroxylation sites is 1. The summed E-state index contributed by atoms with van der Waals surface area (Å²) >= 11 is 0. The SMILES string of the molecule is CNCC1CCCN(C(=O)/C=C(/C)c2ccccc2OC)C1. The molecule has 0 bridgehead atoms. The number of amides is 1. The smallest absolute Gasteiger partial charge is 0.246 e. The van der Waals surface area contributed by atoms with Crippen molar-refractivity contribution in [3.8, 4) is 5.75 Å². The molecule has 4 heteroatoms. The van der Waals surface area contributed by atoms with Crippen molar-refractivity contribution in [1.29, 1.82) is 0 Å². The van der Waals surface area contributed by atoms with Crippen LogP contribution in [0.3, 0.4) is 0 Å². The maximum absolute atomic E-state index is 12.5. The minimum Gasteiger partial charge on any atom is -0.496 e. The van der Waals surface area contributed by atoms with Crippen LogP contribution in [0.1, 0.15) is 25.3 Å². The molecule has 1 saturated heterocycles. The number of ether oxygens (including phenoxy) is 1. The average Bonchev–Trinajstić information content (AvgIpc) is 2.55. The van der Waals surface area contributed by atoms with E-state index in [4.69, 9.17) is 4.74 Å². The fourth-order valence-corrected chi connectivity index (χ4v) is 3.05. The van der Waals surface area contributed by atoms with Crippen LogP contribution in [-0.2, 0) is 4.79 Å². The number of nitrogens with one attached hydrogen (secondary N) is 1. The van der Waals surface area contributed by atoms with Crippen molar-refractivity contribution in [2.45, 2.75) is 19.8 Å². The first kappa shape index (κ1) is 16.6. The summed E-state index contributed by atoms with van der Waals surface area (Å²) in [4.78, 5) is 14.5. The van der Waals surface area contributed by atoms with Gasteiger partial charge in [0.2, 0.25) is 5.91 Å². The predicted octanol–water partition coefficient (Wildman–Crippen LogP) is 2.56. The summed E-state index contributed by atoms with van der Waals surface area (Å²) in [6.45, 7) is 4.63. The number of allylic oxidation sites excluding steroid dienone is 1. The molecular formula is C18H26N2O2. The second-order valence-electron chi connectivity index (χ2n) is 5.88. The summed E-state index contributed by atoms with van der Waals surface area (Å²) < 4.78 is 5.37. The molecule has 1 aromatic carbocycles. The molecule has 0 saturated carbocycles. The predicted molar refractivity (Wildman–Crippen MR) is 89.9 cm³/mol. The van der Waals surface area contributed by atoms with Crippen LogP contribution in [0.4, 0.5) is 0 Å². The lowest BCUT2D eigenvalue weighted by Crippen LogP contribution is -2.41. The van der Waals surface area contributed by atoms with Gasteiger partial charge in [-0.05, 0) is 50.9 Å². The zero-order chi connectivity index (χ0) is 15.9. The lowest BCUT2D eigenvalue weighted by molar-refractivity contribution is -0.127. The fourth-order valence-electron chi connectivity index (χ4n) is 3.05. The quantitative estimate of drug-likeness (QED) is 0.850. The average molecular weight is 302 g/mol. The van der Waals surface area contributed by atoms with Gasteiger partial charge < -0.3 is 15.0 Å². The van der Waals surface area contributed by atoms with Crippen LogP contribution in [0.25, 0.3) is 5.57 Å². The summed E-state index contributed by atoms with van der Waals surface area (Å²) in [5, 5.41) is 3.21. The molecule has 1 aliphatic rings. The van der Waals surface area contributed by atoms with Gasteiger partial charge in [-0.15, -0.1) is 0 Å². The summed E-state index contributed by atoms with van der Waals surface area (Å²) in [5.41, 5.74) is 1.92. The number of piperidine rings is 1.